The summed E-state index contributed by atoms with van der Waals surface area (Å²) in [6, 6.07) is 0. The highest BCUT2D eigenvalue weighted by atomic mass is 32.2. The minimum atomic E-state index is -3.37. The molecule has 1 saturated heterocycles. The van der Waals surface area contributed by atoms with Crippen LogP contribution in [0.2, 0.25) is 0 Å². The van der Waals surface area contributed by atoms with Gasteiger partial charge in [-0.2, -0.15) is 9.40 Å². The van der Waals surface area contributed by atoms with Crippen LogP contribution < -0.4 is 0 Å². The molecule has 1 aromatic rings. The Kier molecular flexibility index (Phi) is 3.80. The zero-order valence-electron chi connectivity index (χ0n) is 9.96. The molecule has 1 aliphatic heterocycles. The van der Waals surface area contributed by atoms with Gasteiger partial charge in [0.1, 0.15) is 4.90 Å². The molecule has 0 saturated carbocycles. The van der Waals surface area contributed by atoms with Gasteiger partial charge >= 0.3 is 0 Å². The monoisotopic (exact) mass is 258 g/mol. The molecule has 0 aliphatic carbocycles. The van der Waals surface area contributed by atoms with E-state index in [0.29, 0.717) is 6.54 Å². The predicted octanol–water partition coefficient (Wildman–Crippen LogP) is 0.126. The molecule has 2 rings (SSSR count). The summed E-state index contributed by atoms with van der Waals surface area (Å²) in [6.45, 7) is 3.49. The summed E-state index contributed by atoms with van der Waals surface area (Å²) >= 11 is 0. The second-order valence-electron chi connectivity index (χ2n) is 4.31. The Balaban J connectivity index is 1.92. The first-order valence-electron chi connectivity index (χ1n) is 5.78. The highest BCUT2D eigenvalue weighted by Crippen LogP contribution is 2.12. The fourth-order valence-corrected chi connectivity index (χ4v) is 3.04. The summed E-state index contributed by atoms with van der Waals surface area (Å²) in [5.41, 5.74) is 0. The van der Waals surface area contributed by atoms with Crippen molar-refractivity contribution in [2.75, 3.05) is 33.2 Å². The Labute approximate surface area is 102 Å². The zero-order valence-corrected chi connectivity index (χ0v) is 10.8. The highest BCUT2D eigenvalue weighted by molar-refractivity contribution is 7.89. The number of sulfonamides is 1. The maximum Gasteiger partial charge on any atom is 0.245 e. The average Bonchev–Trinajstić information content (AvgIpc) is 2.98. The fourth-order valence-electron chi connectivity index (χ4n) is 1.97. The predicted molar refractivity (Wildman–Crippen MR) is 64.1 cm³/mol. The SMILES string of the molecule is CN(CCN1CCCC1)S(=O)(=O)c1cn[nH]c1. The van der Waals surface area contributed by atoms with Crippen LogP contribution in [0.4, 0.5) is 0 Å². The van der Waals surface area contributed by atoms with Gasteiger partial charge in [0, 0.05) is 26.3 Å². The van der Waals surface area contributed by atoms with E-state index in [0.717, 1.165) is 19.6 Å². The van der Waals surface area contributed by atoms with Gasteiger partial charge in [-0.1, -0.05) is 0 Å². The molecular formula is C10H18N4O2S. The highest BCUT2D eigenvalue weighted by Gasteiger charge is 2.22. The van der Waals surface area contributed by atoms with E-state index in [9.17, 15) is 8.42 Å². The third kappa shape index (κ3) is 2.85. The maximum atomic E-state index is 12.0. The van der Waals surface area contributed by atoms with Gasteiger partial charge in [-0.3, -0.25) is 5.10 Å². The molecule has 0 aromatic carbocycles. The van der Waals surface area contributed by atoms with Gasteiger partial charge in [0.2, 0.25) is 10.0 Å². The number of aromatic amines is 1. The van der Waals surface area contributed by atoms with Gasteiger partial charge in [-0.15, -0.1) is 0 Å². The Morgan fingerprint density at radius 3 is 2.76 bits per heavy atom. The lowest BCUT2D eigenvalue weighted by atomic mass is 10.4. The number of likely N-dealkylation sites (N-methyl/N-ethyl adjacent to an activating group) is 1. The van der Waals surface area contributed by atoms with Crippen molar-refractivity contribution in [1.82, 2.24) is 19.4 Å². The Hall–Kier alpha value is -0.920. The van der Waals surface area contributed by atoms with Crippen molar-refractivity contribution in [1.29, 1.82) is 0 Å². The van der Waals surface area contributed by atoms with E-state index < -0.39 is 10.0 Å². The molecule has 1 aromatic heterocycles. The van der Waals surface area contributed by atoms with Crippen LogP contribution in [0.25, 0.3) is 0 Å². The van der Waals surface area contributed by atoms with Gasteiger partial charge in [0.05, 0.1) is 6.20 Å². The Bertz CT molecular complexity index is 437. The van der Waals surface area contributed by atoms with Gasteiger partial charge in [0.25, 0.3) is 0 Å². The van der Waals surface area contributed by atoms with Crippen LogP contribution in [0.1, 0.15) is 12.8 Å². The van der Waals surface area contributed by atoms with E-state index in [1.807, 2.05) is 0 Å². The number of likely N-dealkylation sites (tertiary alicyclic amines) is 1. The molecule has 0 spiro atoms. The molecule has 0 radical (unpaired) electrons. The topological polar surface area (TPSA) is 69.3 Å². The van der Waals surface area contributed by atoms with Crippen LogP contribution in [0, 0.1) is 0 Å². The molecule has 96 valence electrons. The number of hydrogen-bond donors (Lipinski definition) is 1. The van der Waals surface area contributed by atoms with Crippen molar-refractivity contribution in [3.8, 4) is 0 Å². The van der Waals surface area contributed by atoms with Crippen LogP contribution in [0.5, 0.6) is 0 Å². The van der Waals surface area contributed by atoms with Crippen molar-refractivity contribution in [3.05, 3.63) is 12.4 Å². The quantitative estimate of drug-likeness (QED) is 0.815. The van der Waals surface area contributed by atoms with Crippen molar-refractivity contribution < 1.29 is 8.42 Å². The summed E-state index contributed by atoms with van der Waals surface area (Å²) in [5, 5.41) is 6.19. The van der Waals surface area contributed by atoms with Crippen LogP contribution in [0.15, 0.2) is 17.3 Å². The molecule has 6 nitrogen and oxygen atoms in total. The third-order valence-corrected chi connectivity index (χ3v) is 4.93. The first-order valence-corrected chi connectivity index (χ1v) is 7.22. The van der Waals surface area contributed by atoms with Crippen LogP contribution in [0.3, 0.4) is 0 Å². The maximum absolute atomic E-state index is 12.0. The van der Waals surface area contributed by atoms with Gasteiger partial charge in [-0.05, 0) is 25.9 Å². The van der Waals surface area contributed by atoms with Gasteiger partial charge in [0.15, 0.2) is 0 Å². The van der Waals surface area contributed by atoms with E-state index in [1.165, 1.54) is 29.5 Å². The molecule has 0 unspecified atom stereocenters. The first kappa shape index (κ1) is 12.5. The molecule has 1 fully saturated rings. The summed E-state index contributed by atoms with van der Waals surface area (Å²) in [4.78, 5) is 2.52. The molecule has 0 bridgehead atoms. The van der Waals surface area contributed by atoms with Crippen LogP contribution in [-0.2, 0) is 10.0 Å². The minimum Gasteiger partial charge on any atom is -0.302 e. The lowest BCUT2D eigenvalue weighted by molar-refractivity contribution is 0.310. The summed E-state index contributed by atoms with van der Waals surface area (Å²) < 4.78 is 25.5. The van der Waals surface area contributed by atoms with E-state index in [2.05, 4.69) is 15.1 Å². The van der Waals surface area contributed by atoms with Crippen molar-refractivity contribution in [2.24, 2.45) is 0 Å². The van der Waals surface area contributed by atoms with Crippen molar-refractivity contribution in [2.45, 2.75) is 17.7 Å². The molecule has 17 heavy (non-hydrogen) atoms. The molecule has 1 aliphatic rings. The molecule has 0 amide bonds. The van der Waals surface area contributed by atoms with E-state index in [1.54, 1.807) is 7.05 Å². The third-order valence-electron chi connectivity index (χ3n) is 3.11. The van der Waals surface area contributed by atoms with E-state index in [4.69, 9.17) is 0 Å². The molecular weight excluding hydrogens is 240 g/mol. The smallest absolute Gasteiger partial charge is 0.245 e. The number of rotatable bonds is 5. The second-order valence-corrected chi connectivity index (χ2v) is 6.35. The average molecular weight is 258 g/mol. The standard InChI is InChI=1S/C10H18N4O2S/c1-13(6-7-14-4-2-3-5-14)17(15,16)10-8-11-12-9-10/h8-9H,2-7H2,1H3,(H,11,12). The van der Waals surface area contributed by atoms with Gasteiger partial charge in [-0.25, -0.2) is 8.42 Å². The molecule has 7 heteroatoms. The number of aromatic nitrogens is 2. The number of nitrogens with one attached hydrogen (secondary N) is 1. The van der Waals surface area contributed by atoms with Crippen LogP contribution in [-0.4, -0.2) is 61.0 Å². The number of hydrogen-bond acceptors (Lipinski definition) is 4. The zero-order chi connectivity index (χ0) is 12.3. The molecule has 0 atom stereocenters. The van der Waals surface area contributed by atoms with Crippen molar-refractivity contribution in [3.63, 3.8) is 0 Å². The Morgan fingerprint density at radius 2 is 2.18 bits per heavy atom. The number of H-pyrrole nitrogens is 1. The van der Waals surface area contributed by atoms with Crippen LogP contribution >= 0.6 is 0 Å². The normalized spacial score (nSPS) is 18.0. The largest absolute Gasteiger partial charge is 0.302 e. The van der Waals surface area contributed by atoms with Crippen molar-refractivity contribution >= 4 is 10.0 Å². The fraction of sp³-hybridized carbons (Fsp3) is 0.700. The summed E-state index contributed by atoms with van der Waals surface area (Å²) in [5.74, 6) is 0. The lowest BCUT2D eigenvalue weighted by Crippen LogP contribution is -2.35. The van der Waals surface area contributed by atoms with Gasteiger partial charge < -0.3 is 4.90 Å². The summed E-state index contributed by atoms with van der Waals surface area (Å²) in [7, 11) is -1.76. The molecule has 2 heterocycles. The minimum absolute atomic E-state index is 0.224. The second kappa shape index (κ2) is 5.16. The van der Waals surface area contributed by atoms with E-state index in [-0.39, 0.29) is 4.90 Å². The summed E-state index contributed by atoms with van der Waals surface area (Å²) in [6.07, 6.45) is 5.18. The molecule has 1 N–H and O–H groups in total. The Morgan fingerprint density at radius 1 is 1.47 bits per heavy atom. The lowest BCUT2D eigenvalue weighted by Gasteiger charge is -2.20. The first-order chi connectivity index (χ1) is 8.10. The van der Waals surface area contributed by atoms with E-state index >= 15 is 0 Å². The number of nitrogens with zero attached hydrogens (tertiary/aromatic N) is 3.